The molecule has 4 aromatic carbocycles. The first-order valence-corrected chi connectivity index (χ1v) is 10.4. The highest BCUT2D eigenvalue weighted by atomic mass is 14.3. The maximum absolute atomic E-state index is 2.35. The van der Waals surface area contributed by atoms with Crippen molar-refractivity contribution >= 4 is 0 Å². The summed E-state index contributed by atoms with van der Waals surface area (Å²) in [5.41, 5.74) is 9.51. The zero-order chi connectivity index (χ0) is 20.2. The van der Waals surface area contributed by atoms with Crippen molar-refractivity contribution in [2.24, 2.45) is 0 Å². The van der Waals surface area contributed by atoms with Crippen molar-refractivity contribution in [2.45, 2.75) is 32.6 Å². The molecule has 29 heavy (non-hydrogen) atoms. The van der Waals surface area contributed by atoms with Gasteiger partial charge in [0.1, 0.15) is 0 Å². The highest BCUT2D eigenvalue weighted by Crippen LogP contribution is 2.44. The predicted octanol–water partition coefficient (Wildman–Crippen LogP) is 7.58. The van der Waals surface area contributed by atoms with Gasteiger partial charge in [-0.1, -0.05) is 109 Å². The zero-order valence-corrected chi connectivity index (χ0v) is 17.5. The molecular formula is C29H28. The Morgan fingerprint density at radius 1 is 0.448 bits per heavy atom. The van der Waals surface area contributed by atoms with Crippen LogP contribution in [0.15, 0.2) is 103 Å². The Kier molecular flexibility index (Phi) is 5.62. The van der Waals surface area contributed by atoms with Gasteiger partial charge in [0.25, 0.3) is 0 Å². The van der Waals surface area contributed by atoms with Crippen molar-refractivity contribution in [3.05, 3.63) is 142 Å². The zero-order valence-electron chi connectivity index (χ0n) is 17.5. The van der Waals surface area contributed by atoms with Crippen LogP contribution in [-0.2, 0) is 0 Å². The van der Waals surface area contributed by atoms with Gasteiger partial charge in [0.05, 0.1) is 0 Å². The summed E-state index contributed by atoms with van der Waals surface area (Å²) >= 11 is 0. The monoisotopic (exact) mass is 376 g/mol. The van der Waals surface area contributed by atoms with E-state index in [0.717, 1.165) is 0 Å². The van der Waals surface area contributed by atoms with Crippen LogP contribution in [0.3, 0.4) is 0 Å². The minimum Gasteiger partial charge on any atom is -0.0622 e. The first-order valence-electron chi connectivity index (χ1n) is 10.4. The van der Waals surface area contributed by atoms with Crippen LogP contribution in [0.5, 0.6) is 0 Å². The Morgan fingerprint density at radius 3 is 1.52 bits per heavy atom. The van der Waals surface area contributed by atoms with E-state index in [-0.39, 0.29) is 11.8 Å². The van der Waals surface area contributed by atoms with Gasteiger partial charge in [0, 0.05) is 11.8 Å². The number of benzene rings is 4. The van der Waals surface area contributed by atoms with E-state index in [1.807, 2.05) is 0 Å². The van der Waals surface area contributed by atoms with Crippen LogP contribution < -0.4 is 0 Å². The smallest absolute Gasteiger partial charge is 0.0204 e. The van der Waals surface area contributed by atoms with Crippen molar-refractivity contribution in [1.82, 2.24) is 0 Å². The lowest BCUT2D eigenvalue weighted by Gasteiger charge is -2.31. The number of hydrogen-bond acceptors (Lipinski definition) is 0. The van der Waals surface area contributed by atoms with Crippen LogP contribution in [0.2, 0.25) is 0 Å². The second kappa shape index (κ2) is 8.49. The summed E-state index contributed by atoms with van der Waals surface area (Å²) in [6.07, 6.45) is 0. The lowest BCUT2D eigenvalue weighted by molar-refractivity contribution is 0.686. The molecule has 0 aliphatic rings. The van der Waals surface area contributed by atoms with Crippen LogP contribution in [0.1, 0.15) is 50.8 Å². The van der Waals surface area contributed by atoms with E-state index < -0.39 is 0 Å². The van der Waals surface area contributed by atoms with Crippen molar-refractivity contribution in [1.29, 1.82) is 0 Å². The molecular weight excluding hydrogens is 348 g/mol. The van der Waals surface area contributed by atoms with Gasteiger partial charge in [-0.15, -0.1) is 0 Å². The third kappa shape index (κ3) is 4.03. The molecule has 0 nitrogen and oxygen atoms in total. The van der Waals surface area contributed by atoms with E-state index >= 15 is 0 Å². The van der Waals surface area contributed by atoms with Crippen LogP contribution in [0.4, 0.5) is 0 Å². The molecule has 0 spiro atoms. The summed E-state index contributed by atoms with van der Waals surface area (Å²) < 4.78 is 0. The van der Waals surface area contributed by atoms with E-state index in [1.165, 1.54) is 38.9 Å². The summed E-state index contributed by atoms with van der Waals surface area (Å²) in [6, 6.07) is 37.7. The molecule has 1 atom stereocenters. The molecule has 0 saturated heterocycles. The Labute approximate surface area is 174 Å². The van der Waals surface area contributed by atoms with Crippen LogP contribution in [0.25, 0.3) is 0 Å². The van der Waals surface area contributed by atoms with Gasteiger partial charge < -0.3 is 0 Å². The quantitative estimate of drug-likeness (QED) is 0.337. The molecule has 0 heterocycles. The van der Waals surface area contributed by atoms with E-state index in [1.54, 1.807) is 0 Å². The third-order valence-electron chi connectivity index (χ3n) is 5.94. The second-order valence-electron chi connectivity index (χ2n) is 7.99. The maximum Gasteiger partial charge on any atom is 0.0204 e. The van der Waals surface area contributed by atoms with Gasteiger partial charge in [-0.25, -0.2) is 0 Å². The first-order chi connectivity index (χ1) is 14.1. The summed E-state index contributed by atoms with van der Waals surface area (Å²) in [7, 11) is 0. The van der Waals surface area contributed by atoms with Crippen LogP contribution in [0, 0.1) is 20.8 Å². The minimum atomic E-state index is 0.248. The summed E-state index contributed by atoms with van der Waals surface area (Å²) in [6.45, 7) is 6.65. The minimum absolute atomic E-state index is 0.248. The number of rotatable bonds is 5. The van der Waals surface area contributed by atoms with Gasteiger partial charge in [0.15, 0.2) is 0 Å². The first kappa shape index (κ1) is 19.2. The molecule has 4 rings (SSSR count). The summed E-state index contributed by atoms with van der Waals surface area (Å²) in [5, 5.41) is 0. The van der Waals surface area contributed by atoms with Crippen molar-refractivity contribution in [3.63, 3.8) is 0 Å². The second-order valence-corrected chi connectivity index (χ2v) is 7.99. The van der Waals surface area contributed by atoms with Gasteiger partial charge >= 0.3 is 0 Å². The molecule has 1 unspecified atom stereocenters. The molecule has 0 aliphatic carbocycles. The standard InChI is InChI=1S/C29H28/c1-21-12-11-17-25(20-21)28(24-15-5-4-6-16-24)29(26-18-9-7-13-22(26)2)27-19-10-8-14-23(27)3/h4-20,28-29H,1-3H3. The van der Waals surface area contributed by atoms with Gasteiger partial charge in [0.2, 0.25) is 0 Å². The molecule has 0 radical (unpaired) electrons. The Morgan fingerprint density at radius 2 is 0.966 bits per heavy atom. The Bertz CT molecular complexity index is 1050. The van der Waals surface area contributed by atoms with Crippen molar-refractivity contribution in [3.8, 4) is 0 Å². The Balaban J connectivity index is 2.01. The van der Waals surface area contributed by atoms with Crippen LogP contribution >= 0.6 is 0 Å². The maximum atomic E-state index is 2.35. The lowest BCUT2D eigenvalue weighted by Crippen LogP contribution is -2.17. The van der Waals surface area contributed by atoms with E-state index in [2.05, 4.69) is 124 Å². The lowest BCUT2D eigenvalue weighted by atomic mass is 9.71. The molecule has 0 bridgehead atoms. The topological polar surface area (TPSA) is 0 Å². The SMILES string of the molecule is Cc1cccc(C(c2ccccc2)C(c2ccccc2C)c2ccccc2C)c1. The molecule has 144 valence electrons. The molecule has 0 amide bonds. The fraction of sp³-hybridized carbons (Fsp3) is 0.172. The van der Waals surface area contributed by atoms with E-state index in [0.29, 0.717) is 0 Å². The van der Waals surface area contributed by atoms with Crippen molar-refractivity contribution < 1.29 is 0 Å². The molecule has 0 saturated carbocycles. The van der Waals surface area contributed by atoms with E-state index in [9.17, 15) is 0 Å². The highest BCUT2D eigenvalue weighted by molar-refractivity contribution is 5.49. The molecule has 0 N–H and O–H groups in total. The number of aryl methyl sites for hydroxylation is 3. The molecule has 0 heteroatoms. The fourth-order valence-corrected chi connectivity index (χ4v) is 4.50. The van der Waals surface area contributed by atoms with Gasteiger partial charge in [-0.05, 0) is 54.2 Å². The molecule has 0 fully saturated rings. The van der Waals surface area contributed by atoms with Crippen LogP contribution in [-0.4, -0.2) is 0 Å². The predicted molar refractivity (Wildman–Crippen MR) is 124 cm³/mol. The Hall–Kier alpha value is -3.12. The van der Waals surface area contributed by atoms with Crippen molar-refractivity contribution in [2.75, 3.05) is 0 Å². The number of hydrogen-bond donors (Lipinski definition) is 0. The third-order valence-corrected chi connectivity index (χ3v) is 5.94. The highest BCUT2D eigenvalue weighted by Gasteiger charge is 2.30. The average molecular weight is 377 g/mol. The molecule has 0 aromatic heterocycles. The fourth-order valence-electron chi connectivity index (χ4n) is 4.50. The summed E-state index contributed by atoms with van der Waals surface area (Å²) in [4.78, 5) is 0. The normalized spacial score (nSPS) is 12.1. The van der Waals surface area contributed by atoms with E-state index in [4.69, 9.17) is 0 Å². The average Bonchev–Trinajstić information content (AvgIpc) is 2.74. The van der Waals surface area contributed by atoms with Gasteiger partial charge in [-0.3, -0.25) is 0 Å². The molecule has 4 aromatic rings. The largest absolute Gasteiger partial charge is 0.0622 e. The molecule has 0 aliphatic heterocycles. The van der Waals surface area contributed by atoms with Gasteiger partial charge in [-0.2, -0.15) is 0 Å². The summed E-state index contributed by atoms with van der Waals surface area (Å²) in [5.74, 6) is 0.500.